The van der Waals surface area contributed by atoms with Crippen molar-refractivity contribution in [3.63, 3.8) is 0 Å². The molecule has 0 aromatic heterocycles. The second-order valence-corrected chi connectivity index (χ2v) is 8.38. The molecule has 2 N–H and O–H groups in total. The number of rotatable bonds is 3. The van der Waals surface area contributed by atoms with Gasteiger partial charge in [-0.15, -0.1) is 0 Å². The van der Waals surface area contributed by atoms with Gasteiger partial charge in [0.2, 0.25) is 5.91 Å². The predicted molar refractivity (Wildman–Crippen MR) is 103 cm³/mol. The van der Waals surface area contributed by atoms with Crippen molar-refractivity contribution in [2.24, 2.45) is 5.41 Å². The van der Waals surface area contributed by atoms with Crippen LogP contribution in [0, 0.1) is 11.2 Å². The summed E-state index contributed by atoms with van der Waals surface area (Å²) < 4.78 is 14.3. The van der Waals surface area contributed by atoms with Gasteiger partial charge in [0.1, 0.15) is 5.82 Å². The number of hydrogen-bond acceptors (Lipinski definition) is 4. The molecular weight excluding hydrogens is 347 g/mol. The SMILES string of the molecule is CC(C)(C)C(=O)Nc1ccc(F)c(C(=O)N2CCC(N3CCNCC3)C2)c1. The van der Waals surface area contributed by atoms with Gasteiger partial charge in [-0.25, -0.2) is 4.39 Å². The highest BCUT2D eigenvalue weighted by Gasteiger charge is 2.32. The number of carbonyl (C=O) groups excluding carboxylic acids is 2. The zero-order chi connectivity index (χ0) is 19.6. The molecule has 2 aliphatic heterocycles. The number of halogens is 1. The van der Waals surface area contributed by atoms with Crippen LogP contribution >= 0.6 is 0 Å². The van der Waals surface area contributed by atoms with Crippen molar-refractivity contribution in [1.82, 2.24) is 15.1 Å². The van der Waals surface area contributed by atoms with Gasteiger partial charge in [0.25, 0.3) is 5.91 Å². The largest absolute Gasteiger partial charge is 0.337 e. The van der Waals surface area contributed by atoms with Crippen LogP contribution in [0.2, 0.25) is 0 Å². The summed E-state index contributed by atoms with van der Waals surface area (Å²) in [6.45, 7) is 10.6. The fourth-order valence-corrected chi connectivity index (χ4v) is 3.53. The van der Waals surface area contributed by atoms with Crippen LogP contribution in [0.5, 0.6) is 0 Å². The molecule has 1 atom stereocenters. The van der Waals surface area contributed by atoms with Gasteiger partial charge in [-0.3, -0.25) is 14.5 Å². The average Bonchev–Trinajstić information content (AvgIpc) is 3.13. The first-order valence-electron chi connectivity index (χ1n) is 9.61. The molecule has 1 aromatic carbocycles. The molecule has 6 nitrogen and oxygen atoms in total. The Morgan fingerprint density at radius 3 is 2.56 bits per heavy atom. The molecule has 1 aromatic rings. The number of carbonyl (C=O) groups is 2. The zero-order valence-corrected chi connectivity index (χ0v) is 16.3. The van der Waals surface area contributed by atoms with Crippen molar-refractivity contribution in [1.29, 1.82) is 0 Å². The van der Waals surface area contributed by atoms with Crippen molar-refractivity contribution in [3.05, 3.63) is 29.6 Å². The summed E-state index contributed by atoms with van der Waals surface area (Å²) in [6.07, 6.45) is 0.911. The number of benzene rings is 1. The van der Waals surface area contributed by atoms with E-state index in [1.54, 1.807) is 25.7 Å². The van der Waals surface area contributed by atoms with E-state index in [1.165, 1.54) is 18.2 Å². The Hall–Kier alpha value is -1.99. The lowest BCUT2D eigenvalue weighted by Crippen LogP contribution is -2.49. The highest BCUT2D eigenvalue weighted by atomic mass is 19.1. The van der Waals surface area contributed by atoms with E-state index in [0.717, 1.165) is 32.6 Å². The van der Waals surface area contributed by atoms with Gasteiger partial charge in [-0.2, -0.15) is 0 Å². The van der Waals surface area contributed by atoms with E-state index in [0.29, 0.717) is 24.8 Å². The molecule has 2 saturated heterocycles. The zero-order valence-electron chi connectivity index (χ0n) is 16.3. The quantitative estimate of drug-likeness (QED) is 0.846. The number of piperazine rings is 1. The van der Waals surface area contributed by atoms with E-state index in [-0.39, 0.29) is 17.4 Å². The first-order chi connectivity index (χ1) is 12.8. The normalized spacial score (nSPS) is 21.3. The second-order valence-electron chi connectivity index (χ2n) is 8.38. The summed E-state index contributed by atoms with van der Waals surface area (Å²) >= 11 is 0. The molecule has 0 saturated carbocycles. The van der Waals surface area contributed by atoms with Crippen LogP contribution in [-0.4, -0.2) is 66.9 Å². The molecule has 2 heterocycles. The molecule has 1 unspecified atom stereocenters. The number of nitrogens with zero attached hydrogens (tertiary/aromatic N) is 2. The third kappa shape index (κ3) is 4.65. The van der Waals surface area contributed by atoms with E-state index in [9.17, 15) is 14.0 Å². The maximum Gasteiger partial charge on any atom is 0.256 e. The van der Waals surface area contributed by atoms with Crippen molar-refractivity contribution in [2.75, 3.05) is 44.6 Å². The highest BCUT2D eigenvalue weighted by molar-refractivity contribution is 5.98. The number of nitrogens with one attached hydrogen (secondary N) is 2. The number of likely N-dealkylation sites (tertiary alicyclic amines) is 1. The second kappa shape index (κ2) is 7.94. The van der Waals surface area contributed by atoms with E-state index < -0.39 is 11.2 Å². The molecule has 148 valence electrons. The Kier molecular flexibility index (Phi) is 5.81. The number of anilines is 1. The van der Waals surface area contributed by atoms with Crippen LogP contribution in [0.4, 0.5) is 10.1 Å². The Morgan fingerprint density at radius 1 is 1.19 bits per heavy atom. The smallest absolute Gasteiger partial charge is 0.256 e. The third-order valence-corrected chi connectivity index (χ3v) is 5.25. The molecule has 27 heavy (non-hydrogen) atoms. The van der Waals surface area contributed by atoms with Crippen LogP contribution < -0.4 is 10.6 Å². The maximum atomic E-state index is 14.3. The Bertz CT molecular complexity index is 710. The maximum absolute atomic E-state index is 14.3. The lowest BCUT2D eigenvalue weighted by atomic mass is 9.95. The van der Waals surface area contributed by atoms with Crippen molar-refractivity contribution < 1.29 is 14.0 Å². The van der Waals surface area contributed by atoms with E-state index in [2.05, 4.69) is 15.5 Å². The highest BCUT2D eigenvalue weighted by Crippen LogP contribution is 2.23. The van der Waals surface area contributed by atoms with Crippen molar-refractivity contribution in [3.8, 4) is 0 Å². The molecule has 0 bridgehead atoms. The molecular formula is C20H29FN4O2. The summed E-state index contributed by atoms with van der Waals surface area (Å²) in [7, 11) is 0. The topological polar surface area (TPSA) is 64.7 Å². The van der Waals surface area contributed by atoms with E-state index in [1.807, 2.05) is 0 Å². The van der Waals surface area contributed by atoms with Gasteiger partial charge in [-0.1, -0.05) is 20.8 Å². The molecule has 7 heteroatoms. The summed E-state index contributed by atoms with van der Waals surface area (Å²) in [5.74, 6) is -1.04. The van der Waals surface area contributed by atoms with E-state index >= 15 is 0 Å². The number of amides is 2. The van der Waals surface area contributed by atoms with Gasteiger partial charge >= 0.3 is 0 Å². The van der Waals surface area contributed by atoms with Crippen molar-refractivity contribution >= 4 is 17.5 Å². The summed E-state index contributed by atoms with van der Waals surface area (Å²) in [5.41, 5.74) is -0.107. The fourth-order valence-electron chi connectivity index (χ4n) is 3.53. The minimum atomic E-state index is -0.565. The van der Waals surface area contributed by atoms with Gasteiger partial charge in [0.15, 0.2) is 0 Å². The molecule has 0 radical (unpaired) electrons. The van der Waals surface area contributed by atoms with Crippen LogP contribution in [0.25, 0.3) is 0 Å². The molecule has 3 rings (SSSR count). The van der Waals surface area contributed by atoms with Crippen LogP contribution in [0.1, 0.15) is 37.6 Å². The third-order valence-electron chi connectivity index (χ3n) is 5.25. The minimum Gasteiger partial charge on any atom is -0.337 e. The molecule has 2 aliphatic rings. The predicted octanol–water partition coefficient (Wildman–Crippen LogP) is 1.93. The monoisotopic (exact) mass is 376 g/mol. The lowest BCUT2D eigenvalue weighted by molar-refractivity contribution is -0.123. The standard InChI is InChI=1S/C20H29FN4O2/c1-20(2,3)19(27)23-14-4-5-17(21)16(12-14)18(26)25-9-6-15(13-25)24-10-7-22-8-11-24/h4-5,12,15,22H,6-11,13H2,1-3H3,(H,23,27). The fraction of sp³-hybridized carbons (Fsp3) is 0.600. The van der Waals surface area contributed by atoms with Gasteiger partial charge in [0, 0.05) is 56.4 Å². The van der Waals surface area contributed by atoms with Gasteiger partial charge < -0.3 is 15.5 Å². The Balaban J connectivity index is 1.69. The molecule has 2 fully saturated rings. The van der Waals surface area contributed by atoms with Crippen molar-refractivity contribution in [2.45, 2.75) is 33.2 Å². The number of hydrogen-bond donors (Lipinski definition) is 2. The Labute approximate surface area is 160 Å². The summed E-state index contributed by atoms with van der Waals surface area (Å²) in [5, 5.41) is 6.10. The summed E-state index contributed by atoms with van der Waals surface area (Å²) in [6, 6.07) is 4.51. The van der Waals surface area contributed by atoms with Gasteiger partial charge in [0.05, 0.1) is 5.56 Å². The van der Waals surface area contributed by atoms with E-state index in [4.69, 9.17) is 0 Å². The van der Waals surface area contributed by atoms with Crippen LogP contribution in [0.15, 0.2) is 18.2 Å². The average molecular weight is 376 g/mol. The lowest BCUT2D eigenvalue weighted by Gasteiger charge is -2.32. The molecule has 2 amide bonds. The molecule has 0 aliphatic carbocycles. The Morgan fingerprint density at radius 2 is 1.89 bits per heavy atom. The van der Waals surface area contributed by atoms with Crippen LogP contribution in [0.3, 0.4) is 0 Å². The molecule has 0 spiro atoms. The van der Waals surface area contributed by atoms with Crippen LogP contribution in [-0.2, 0) is 4.79 Å². The minimum absolute atomic E-state index is 0.0164. The first-order valence-corrected chi connectivity index (χ1v) is 9.61. The summed E-state index contributed by atoms with van der Waals surface area (Å²) in [4.78, 5) is 29.2. The van der Waals surface area contributed by atoms with Gasteiger partial charge in [-0.05, 0) is 24.6 Å². The first kappa shape index (κ1) is 19.8.